The van der Waals surface area contributed by atoms with Crippen LogP contribution in [0.2, 0.25) is 0 Å². The highest BCUT2D eigenvalue weighted by Gasteiger charge is 2.31. The van der Waals surface area contributed by atoms with Crippen molar-refractivity contribution in [3.63, 3.8) is 0 Å². The number of carbonyl (C=O) groups excluding carboxylic acids is 2. The van der Waals surface area contributed by atoms with E-state index in [1.807, 2.05) is 37.3 Å². The van der Waals surface area contributed by atoms with Crippen molar-refractivity contribution < 1.29 is 14.0 Å². The fourth-order valence-electron chi connectivity index (χ4n) is 3.89. The Hall–Kier alpha value is -2.90. The minimum Gasteiger partial charge on any atom is -0.350 e. The molecule has 1 unspecified atom stereocenters. The van der Waals surface area contributed by atoms with Crippen LogP contribution in [0.4, 0.5) is 4.39 Å². The van der Waals surface area contributed by atoms with E-state index in [0.717, 1.165) is 21.9 Å². The zero-order chi connectivity index (χ0) is 21.8. The maximum Gasteiger partial charge on any atom is 0.251 e. The number of thiazole rings is 1. The van der Waals surface area contributed by atoms with E-state index in [1.165, 1.54) is 24.3 Å². The normalized spacial score (nSPS) is 18.5. The topological polar surface area (TPSA) is 71.1 Å². The van der Waals surface area contributed by atoms with Gasteiger partial charge in [-0.25, -0.2) is 9.37 Å². The van der Waals surface area contributed by atoms with Crippen molar-refractivity contribution in [2.75, 3.05) is 13.1 Å². The Morgan fingerprint density at radius 2 is 1.90 bits per heavy atom. The van der Waals surface area contributed by atoms with Gasteiger partial charge in [0.15, 0.2) is 5.78 Å². The fraction of sp³-hybridized carbons (Fsp3) is 0.292. The lowest BCUT2D eigenvalue weighted by atomic mass is 9.87. The molecule has 0 saturated carbocycles. The van der Waals surface area contributed by atoms with Gasteiger partial charge in [-0.15, -0.1) is 11.3 Å². The van der Waals surface area contributed by atoms with Gasteiger partial charge < -0.3 is 10.6 Å². The minimum atomic E-state index is -0.376. The fourth-order valence-corrected chi connectivity index (χ4v) is 4.82. The molecule has 4 rings (SSSR count). The number of aryl methyl sites for hydroxylation is 1. The van der Waals surface area contributed by atoms with E-state index < -0.39 is 0 Å². The molecular weight excluding hydrogens is 413 g/mol. The van der Waals surface area contributed by atoms with Gasteiger partial charge in [0.1, 0.15) is 11.5 Å². The second-order valence-electron chi connectivity index (χ2n) is 7.73. The Kier molecular flexibility index (Phi) is 6.53. The average Bonchev–Trinajstić information content (AvgIpc) is 3.20. The molecule has 1 aromatic heterocycles. The lowest BCUT2D eigenvalue weighted by Gasteiger charge is -2.29. The summed E-state index contributed by atoms with van der Waals surface area (Å²) in [7, 11) is 0. The van der Waals surface area contributed by atoms with E-state index in [4.69, 9.17) is 0 Å². The minimum absolute atomic E-state index is 0.00740. The molecule has 7 heteroatoms. The first-order valence-electron chi connectivity index (χ1n) is 10.4. The summed E-state index contributed by atoms with van der Waals surface area (Å²) in [5.74, 6) is -0.701. The second kappa shape index (κ2) is 9.49. The van der Waals surface area contributed by atoms with Gasteiger partial charge in [0.05, 0.1) is 9.88 Å². The number of hydrogen-bond donors (Lipinski definition) is 2. The molecule has 1 fully saturated rings. The SMILES string of the molecule is Cc1nc(C(=O)C2CCN[C@H](CNC(=O)c3ccc(F)cc3)C2)c(-c2ccccc2)s1. The first kappa shape index (κ1) is 21.3. The summed E-state index contributed by atoms with van der Waals surface area (Å²) in [4.78, 5) is 31.1. The molecule has 1 saturated heterocycles. The van der Waals surface area contributed by atoms with Crippen LogP contribution in [0.25, 0.3) is 10.4 Å². The monoisotopic (exact) mass is 437 g/mol. The molecule has 2 atom stereocenters. The molecule has 3 aromatic rings. The Bertz CT molecular complexity index is 1070. The quantitative estimate of drug-likeness (QED) is 0.566. The Morgan fingerprint density at radius 1 is 1.16 bits per heavy atom. The molecule has 2 aromatic carbocycles. The third kappa shape index (κ3) is 5.06. The number of rotatable bonds is 6. The van der Waals surface area contributed by atoms with Crippen LogP contribution in [-0.4, -0.2) is 35.8 Å². The van der Waals surface area contributed by atoms with E-state index in [0.29, 0.717) is 30.8 Å². The molecule has 1 aliphatic heterocycles. The number of amides is 1. The standard InChI is InChI=1S/C24H24FN3O2S/c1-15-28-21(23(31-15)16-5-3-2-4-6-16)22(29)18-11-12-26-20(13-18)14-27-24(30)17-7-9-19(25)10-8-17/h2-10,18,20,26H,11-14H2,1H3,(H,27,30)/t18?,20-/m0/s1. The summed E-state index contributed by atoms with van der Waals surface area (Å²) in [6.45, 7) is 3.03. The highest BCUT2D eigenvalue weighted by molar-refractivity contribution is 7.15. The van der Waals surface area contributed by atoms with Gasteiger partial charge in [-0.1, -0.05) is 30.3 Å². The van der Waals surface area contributed by atoms with Gasteiger partial charge >= 0.3 is 0 Å². The predicted octanol–water partition coefficient (Wildman–Crippen LogP) is 4.24. The Balaban J connectivity index is 1.41. The summed E-state index contributed by atoms with van der Waals surface area (Å²) >= 11 is 1.54. The van der Waals surface area contributed by atoms with E-state index in [1.54, 1.807) is 11.3 Å². The first-order chi connectivity index (χ1) is 15.0. The molecule has 160 valence electrons. The van der Waals surface area contributed by atoms with Gasteiger partial charge in [0, 0.05) is 24.1 Å². The van der Waals surface area contributed by atoms with E-state index in [-0.39, 0.29) is 29.5 Å². The van der Waals surface area contributed by atoms with E-state index >= 15 is 0 Å². The third-order valence-electron chi connectivity index (χ3n) is 5.48. The second-order valence-corrected chi connectivity index (χ2v) is 8.93. The Labute approximate surface area is 184 Å². The van der Waals surface area contributed by atoms with E-state index in [2.05, 4.69) is 15.6 Å². The van der Waals surface area contributed by atoms with Crippen molar-refractivity contribution in [1.29, 1.82) is 0 Å². The maximum atomic E-state index is 13.3. The molecule has 0 bridgehead atoms. The lowest BCUT2D eigenvalue weighted by molar-refractivity contribution is 0.0870. The predicted molar refractivity (Wildman–Crippen MR) is 120 cm³/mol. The molecule has 31 heavy (non-hydrogen) atoms. The van der Waals surface area contributed by atoms with Gasteiger partial charge in [0.25, 0.3) is 5.91 Å². The van der Waals surface area contributed by atoms with Gasteiger partial charge in [-0.05, 0) is 56.1 Å². The number of carbonyl (C=O) groups is 2. The molecule has 0 aliphatic carbocycles. The summed E-state index contributed by atoms with van der Waals surface area (Å²) in [5.41, 5.74) is 1.97. The third-order valence-corrected chi connectivity index (χ3v) is 6.50. The number of piperidine rings is 1. The summed E-state index contributed by atoms with van der Waals surface area (Å²) < 4.78 is 13.0. The highest BCUT2D eigenvalue weighted by atomic mass is 32.1. The molecule has 1 aliphatic rings. The number of nitrogens with zero attached hydrogens (tertiary/aromatic N) is 1. The van der Waals surface area contributed by atoms with Crippen LogP contribution in [0.5, 0.6) is 0 Å². The van der Waals surface area contributed by atoms with Gasteiger partial charge in [-0.2, -0.15) is 0 Å². The van der Waals surface area contributed by atoms with Crippen molar-refractivity contribution in [2.24, 2.45) is 5.92 Å². The summed E-state index contributed by atoms with van der Waals surface area (Å²) in [6.07, 6.45) is 1.37. The van der Waals surface area contributed by atoms with Crippen LogP contribution in [0.15, 0.2) is 54.6 Å². The number of halogens is 1. The van der Waals surface area contributed by atoms with Crippen molar-refractivity contribution >= 4 is 23.0 Å². The molecule has 2 N–H and O–H groups in total. The number of aromatic nitrogens is 1. The van der Waals surface area contributed by atoms with Crippen LogP contribution in [0, 0.1) is 18.7 Å². The largest absolute Gasteiger partial charge is 0.350 e. The summed E-state index contributed by atoms with van der Waals surface area (Å²) in [5, 5.41) is 7.13. The summed E-state index contributed by atoms with van der Waals surface area (Å²) in [6, 6.07) is 15.3. The highest BCUT2D eigenvalue weighted by Crippen LogP contribution is 2.33. The zero-order valence-corrected chi connectivity index (χ0v) is 18.0. The Morgan fingerprint density at radius 3 is 2.65 bits per heavy atom. The molecular formula is C24H24FN3O2S. The molecule has 5 nitrogen and oxygen atoms in total. The molecule has 2 heterocycles. The number of nitrogens with one attached hydrogen (secondary N) is 2. The van der Waals surface area contributed by atoms with Crippen LogP contribution >= 0.6 is 11.3 Å². The number of ketones is 1. The number of Topliss-reactive ketones (excluding diaryl/α,β-unsaturated/α-hetero) is 1. The van der Waals surface area contributed by atoms with Crippen molar-refractivity contribution in [3.05, 3.63) is 76.7 Å². The number of benzene rings is 2. The zero-order valence-electron chi connectivity index (χ0n) is 17.2. The average molecular weight is 438 g/mol. The van der Waals surface area contributed by atoms with Gasteiger partial charge in [0.2, 0.25) is 0 Å². The van der Waals surface area contributed by atoms with Crippen LogP contribution in [-0.2, 0) is 0 Å². The van der Waals surface area contributed by atoms with Gasteiger partial charge in [-0.3, -0.25) is 9.59 Å². The number of hydrogen-bond acceptors (Lipinski definition) is 5. The van der Waals surface area contributed by atoms with Crippen molar-refractivity contribution in [1.82, 2.24) is 15.6 Å². The van der Waals surface area contributed by atoms with E-state index in [9.17, 15) is 14.0 Å². The first-order valence-corrected chi connectivity index (χ1v) is 11.2. The van der Waals surface area contributed by atoms with Crippen molar-refractivity contribution in [2.45, 2.75) is 25.8 Å². The van der Waals surface area contributed by atoms with Crippen LogP contribution in [0.1, 0.15) is 38.7 Å². The van der Waals surface area contributed by atoms with Crippen LogP contribution < -0.4 is 10.6 Å². The lowest BCUT2D eigenvalue weighted by Crippen LogP contribution is -2.47. The molecule has 0 spiro atoms. The maximum absolute atomic E-state index is 13.3. The molecule has 0 radical (unpaired) electrons. The molecule has 1 amide bonds. The van der Waals surface area contributed by atoms with Crippen LogP contribution in [0.3, 0.4) is 0 Å². The smallest absolute Gasteiger partial charge is 0.251 e. The van der Waals surface area contributed by atoms with Crippen molar-refractivity contribution in [3.8, 4) is 10.4 Å².